The monoisotopic (exact) mass is 444 g/mol. The summed E-state index contributed by atoms with van der Waals surface area (Å²) in [7, 11) is 0. The van der Waals surface area contributed by atoms with Crippen molar-refractivity contribution in [3.63, 3.8) is 0 Å². The molecule has 31 heavy (non-hydrogen) atoms. The molecule has 3 rings (SSSR count). The van der Waals surface area contributed by atoms with E-state index < -0.39 is 0 Å². The minimum absolute atomic E-state index is 0.0123. The summed E-state index contributed by atoms with van der Waals surface area (Å²) in [5.74, 6) is 0. The number of carbonyl (C=O) groups excluding carboxylic acids is 2. The molecule has 0 spiro atoms. The number of hydrogen-bond acceptors (Lipinski definition) is 4. The van der Waals surface area contributed by atoms with E-state index in [0.717, 1.165) is 32.0 Å². The lowest BCUT2D eigenvalue weighted by atomic mass is 9.96. The van der Waals surface area contributed by atoms with Gasteiger partial charge in [-0.25, -0.2) is 0 Å². The van der Waals surface area contributed by atoms with Crippen molar-refractivity contribution in [2.75, 3.05) is 0 Å². The highest BCUT2D eigenvalue weighted by atomic mass is 32.2. The molecular formula is C27H24O2S2. The van der Waals surface area contributed by atoms with Gasteiger partial charge in [-0.05, 0) is 108 Å². The van der Waals surface area contributed by atoms with Crippen molar-refractivity contribution in [1.82, 2.24) is 0 Å². The quantitative estimate of drug-likeness (QED) is 0.288. The number of benzene rings is 3. The highest BCUT2D eigenvalue weighted by Gasteiger charge is 2.09. The van der Waals surface area contributed by atoms with E-state index in [1.54, 1.807) is 13.8 Å². The lowest BCUT2D eigenvalue weighted by molar-refractivity contribution is -0.108. The molecule has 0 aromatic heterocycles. The Labute approximate surface area is 192 Å². The van der Waals surface area contributed by atoms with Gasteiger partial charge >= 0.3 is 0 Å². The molecule has 0 saturated heterocycles. The van der Waals surface area contributed by atoms with E-state index in [9.17, 15) is 9.59 Å². The van der Waals surface area contributed by atoms with E-state index >= 15 is 0 Å². The van der Waals surface area contributed by atoms with Crippen molar-refractivity contribution in [2.45, 2.75) is 30.6 Å². The van der Waals surface area contributed by atoms with Gasteiger partial charge < -0.3 is 0 Å². The van der Waals surface area contributed by atoms with Crippen molar-refractivity contribution in [1.29, 1.82) is 0 Å². The van der Waals surface area contributed by atoms with E-state index in [1.807, 2.05) is 48.5 Å². The van der Waals surface area contributed by atoms with E-state index in [2.05, 4.69) is 38.3 Å². The third-order valence-electron chi connectivity index (χ3n) is 4.70. The van der Waals surface area contributed by atoms with Crippen molar-refractivity contribution >= 4 is 33.8 Å². The zero-order valence-electron chi connectivity index (χ0n) is 17.9. The number of hydrogen-bond donors (Lipinski definition) is 0. The van der Waals surface area contributed by atoms with E-state index in [0.29, 0.717) is 11.1 Å². The molecule has 0 unspecified atom stereocenters. The molecule has 0 fully saturated rings. The maximum Gasteiger partial charge on any atom is 0.219 e. The van der Waals surface area contributed by atoms with Crippen LogP contribution in [0.3, 0.4) is 0 Å². The highest BCUT2D eigenvalue weighted by molar-refractivity contribution is 8.14. The van der Waals surface area contributed by atoms with Crippen molar-refractivity contribution in [3.05, 3.63) is 96.6 Å². The predicted octanol–water partition coefficient (Wildman–Crippen LogP) is 7.72. The van der Waals surface area contributed by atoms with Gasteiger partial charge in [0.15, 0.2) is 0 Å². The summed E-state index contributed by atoms with van der Waals surface area (Å²) in [6, 6.07) is 22.4. The van der Waals surface area contributed by atoms with E-state index in [1.165, 1.54) is 29.1 Å². The van der Waals surface area contributed by atoms with Crippen LogP contribution in [0.5, 0.6) is 0 Å². The summed E-state index contributed by atoms with van der Waals surface area (Å²) in [4.78, 5) is 25.5. The summed E-state index contributed by atoms with van der Waals surface area (Å²) in [6.07, 6.45) is 0. The van der Waals surface area contributed by atoms with Crippen LogP contribution in [0, 0.1) is 6.92 Å². The molecule has 3 aromatic rings. The Bertz CT molecular complexity index is 1160. The van der Waals surface area contributed by atoms with Crippen LogP contribution in [0.4, 0.5) is 0 Å². The summed E-state index contributed by atoms with van der Waals surface area (Å²) in [5, 5.41) is -0.0250. The third-order valence-corrected chi connectivity index (χ3v) is 6.78. The zero-order valence-corrected chi connectivity index (χ0v) is 19.5. The zero-order chi connectivity index (χ0) is 22.5. The van der Waals surface area contributed by atoms with Gasteiger partial charge in [0.2, 0.25) is 10.2 Å². The molecular weight excluding hydrogens is 420 g/mol. The van der Waals surface area contributed by atoms with Crippen LogP contribution in [-0.2, 0) is 9.59 Å². The van der Waals surface area contributed by atoms with Crippen LogP contribution in [0.25, 0.3) is 22.3 Å². The molecule has 0 N–H and O–H groups in total. The van der Waals surface area contributed by atoms with Gasteiger partial charge in [-0.2, -0.15) is 0 Å². The lowest BCUT2D eigenvalue weighted by Gasteiger charge is -2.10. The predicted molar refractivity (Wildman–Crippen MR) is 133 cm³/mol. The largest absolute Gasteiger partial charge is 0.282 e. The van der Waals surface area contributed by atoms with Crippen LogP contribution >= 0.6 is 23.5 Å². The van der Waals surface area contributed by atoms with Crippen LogP contribution < -0.4 is 0 Å². The molecule has 2 nitrogen and oxygen atoms in total. The minimum atomic E-state index is -0.0126. The third kappa shape index (κ3) is 5.87. The molecule has 0 aliphatic carbocycles. The topological polar surface area (TPSA) is 34.1 Å². The Balaban J connectivity index is 1.77. The Kier molecular flexibility index (Phi) is 7.37. The average molecular weight is 445 g/mol. The first kappa shape index (κ1) is 22.9. The second-order valence-electron chi connectivity index (χ2n) is 7.42. The second kappa shape index (κ2) is 9.99. The van der Waals surface area contributed by atoms with Gasteiger partial charge in [-0.3, -0.25) is 9.59 Å². The molecule has 156 valence electrons. The van der Waals surface area contributed by atoms with Crippen LogP contribution in [0.2, 0.25) is 0 Å². The minimum Gasteiger partial charge on any atom is -0.282 e. The Morgan fingerprint density at radius 3 is 1.48 bits per heavy atom. The maximum absolute atomic E-state index is 11.8. The van der Waals surface area contributed by atoms with E-state index in [4.69, 9.17) is 0 Å². The molecule has 4 heteroatoms. The smallest absolute Gasteiger partial charge is 0.219 e. The summed E-state index contributed by atoms with van der Waals surface area (Å²) >= 11 is 2.40. The van der Waals surface area contributed by atoms with Gasteiger partial charge in [0.25, 0.3) is 0 Å². The molecule has 0 atom stereocenters. The molecule has 0 saturated carbocycles. The maximum atomic E-state index is 11.8. The van der Waals surface area contributed by atoms with Crippen molar-refractivity contribution in [3.8, 4) is 22.3 Å². The molecule has 0 aliphatic heterocycles. The summed E-state index contributed by atoms with van der Waals surface area (Å²) in [6.45, 7) is 12.9. The Morgan fingerprint density at radius 2 is 1.06 bits per heavy atom. The van der Waals surface area contributed by atoms with E-state index in [-0.39, 0.29) is 10.2 Å². The Hall–Kier alpha value is -2.82. The van der Waals surface area contributed by atoms with Crippen LogP contribution in [0.1, 0.15) is 19.4 Å². The number of aryl methyl sites for hydroxylation is 1. The van der Waals surface area contributed by atoms with Gasteiger partial charge in [0.05, 0.1) is 0 Å². The second-order valence-corrected chi connectivity index (χ2v) is 9.51. The molecule has 0 heterocycles. The first-order valence-electron chi connectivity index (χ1n) is 9.81. The van der Waals surface area contributed by atoms with Gasteiger partial charge in [0.1, 0.15) is 0 Å². The first-order chi connectivity index (χ1) is 14.7. The fourth-order valence-electron chi connectivity index (χ4n) is 2.97. The summed E-state index contributed by atoms with van der Waals surface area (Å²) in [5.41, 5.74) is 6.78. The average Bonchev–Trinajstić information content (AvgIpc) is 2.74. The van der Waals surface area contributed by atoms with Crippen LogP contribution in [-0.4, -0.2) is 10.2 Å². The van der Waals surface area contributed by atoms with Gasteiger partial charge in [0, 0.05) is 9.79 Å². The van der Waals surface area contributed by atoms with Gasteiger partial charge in [-0.1, -0.05) is 55.6 Å². The highest BCUT2D eigenvalue weighted by Crippen LogP contribution is 2.32. The fraction of sp³-hybridized carbons (Fsp3) is 0.111. The first-order valence-corrected chi connectivity index (χ1v) is 11.4. The van der Waals surface area contributed by atoms with Crippen LogP contribution in [0.15, 0.2) is 101 Å². The Morgan fingerprint density at radius 1 is 0.645 bits per heavy atom. The SMILES string of the molecule is C=C(C)C(=O)Sc1ccc(-c2ccc(-c3ccc(SC(=O)C(=C)C)cc3)c(C)c2)cc1. The number of rotatable bonds is 6. The molecule has 0 bridgehead atoms. The molecule has 3 aromatic carbocycles. The van der Waals surface area contributed by atoms with Crippen molar-refractivity contribution in [2.24, 2.45) is 0 Å². The number of thioether (sulfide) groups is 2. The fourth-order valence-corrected chi connectivity index (χ4v) is 4.29. The molecule has 0 aliphatic rings. The normalized spacial score (nSPS) is 10.5. The summed E-state index contributed by atoms with van der Waals surface area (Å²) < 4.78 is 0. The standard InChI is InChI=1S/C27H24O2S2/c1-17(2)26(28)30-23-11-6-20(7-12-23)22-10-15-25(19(5)16-22)21-8-13-24(14-9-21)31-27(29)18(3)4/h6-16H,1,3H2,2,4-5H3. The molecule has 0 radical (unpaired) electrons. The molecule has 0 amide bonds. The number of carbonyl (C=O) groups is 2. The van der Waals surface area contributed by atoms with Gasteiger partial charge in [-0.15, -0.1) is 0 Å². The lowest BCUT2D eigenvalue weighted by Crippen LogP contribution is -1.91. The van der Waals surface area contributed by atoms with Crippen molar-refractivity contribution < 1.29 is 9.59 Å².